The topological polar surface area (TPSA) is 89.7 Å². The number of amides is 2. The van der Waals surface area contributed by atoms with Gasteiger partial charge in [-0.25, -0.2) is 4.79 Å². The number of ether oxygens (including phenoxy) is 2. The standard InChI is InChI=1S/C28H28N4O4/c1-34-23-16-21-13-14-32(27(20-11-7-4-8-12-20)22(21)17-24(23)35-2)28(33)29-18-26-30-25(31-36-26)15-19-9-5-3-6-10-19/h3-12,16-17,27H,13-15,18H2,1-2H3,(H,29,33)/t27-/m0/s1. The second-order valence-electron chi connectivity index (χ2n) is 8.59. The molecular weight excluding hydrogens is 456 g/mol. The average molecular weight is 485 g/mol. The number of nitrogens with zero attached hydrogens (tertiary/aromatic N) is 3. The lowest BCUT2D eigenvalue weighted by molar-refractivity contribution is 0.178. The van der Waals surface area contributed by atoms with Crippen molar-refractivity contribution in [1.82, 2.24) is 20.4 Å². The number of methoxy groups -OCH3 is 2. The fraction of sp³-hybridized carbons (Fsp3) is 0.250. The second-order valence-corrected chi connectivity index (χ2v) is 8.59. The van der Waals surface area contributed by atoms with Crippen molar-refractivity contribution in [2.24, 2.45) is 0 Å². The molecule has 0 saturated heterocycles. The van der Waals surface area contributed by atoms with E-state index < -0.39 is 0 Å². The zero-order chi connectivity index (χ0) is 24.9. The highest BCUT2D eigenvalue weighted by Gasteiger charge is 2.33. The molecule has 0 bridgehead atoms. The SMILES string of the molecule is COc1cc2c(cc1OC)[C@H](c1ccccc1)N(C(=O)NCc1nc(Cc3ccccc3)no1)CC2. The Hall–Kier alpha value is -4.33. The third kappa shape index (κ3) is 4.88. The monoisotopic (exact) mass is 484 g/mol. The first-order valence-electron chi connectivity index (χ1n) is 11.9. The Kier molecular flexibility index (Phi) is 6.84. The average Bonchev–Trinajstić information content (AvgIpc) is 3.38. The highest BCUT2D eigenvalue weighted by molar-refractivity contribution is 5.76. The number of hydrogen-bond acceptors (Lipinski definition) is 6. The molecule has 0 aliphatic carbocycles. The number of hydrogen-bond donors (Lipinski definition) is 1. The first-order valence-corrected chi connectivity index (χ1v) is 11.9. The molecular formula is C28H28N4O4. The Bertz CT molecular complexity index is 1320. The lowest BCUT2D eigenvalue weighted by Gasteiger charge is -2.38. The van der Waals surface area contributed by atoms with E-state index in [0.717, 1.165) is 22.3 Å². The van der Waals surface area contributed by atoms with Crippen LogP contribution in [0.1, 0.15) is 40.0 Å². The van der Waals surface area contributed by atoms with E-state index in [1.54, 1.807) is 14.2 Å². The fourth-order valence-electron chi connectivity index (χ4n) is 4.62. The van der Waals surface area contributed by atoms with E-state index in [1.807, 2.05) is 77.7 Å². The van der Waals surface area contributed by atoms with Crippen molar-refractivity contribution >= 4 is 6.03 Å². The normalized spacial score (nSPS) is 14.7. The lowest BCUT2D eigenvalue weighted by Crippen LogP contribution is -2.45. The number of urea groups is 1. The molecule has 4 aromatic rings. The molecule has 8 heteroatoms. The van der Waals surface area contributed by atoms with Crippen LogP contribution in [-0.4, -0.2) is 41.8 Å². The van der Waals surface area contributed by atoms with Crippen LogP contribution in [0.3, 0.4) is 0 Å². The molecule has 36 heavy (non-hydrogen) atoms. The van der Waals surface area contributed by atoms with Gasteiger partial charge in [0.2, 0.25) is 5.89 Å². The molecule has 1 aliphatic heterocycles. The van der Waals surface area contributed by atoms with Gasteiger partial charge in [0, 0.05) is 13.0 Å². The summed E-state index contributed by atoms with van der Waals surface area (Å²) in [5, 5.41) is 7.02. The Morgan fingerprint density at radius 1 is 1.03 bits per heavy atom. The van der Waals surface area contributed by atoms with Crippen LogP contribution in [0.4, 0.5) is 4.79 Å². The van der Waals surface area contributed by atoms with E-state index in [2.05, 4.69) is 15.5 Å². The third-order valence-electron chi connectivity index (χ3n) is 6.36. The van der Waals surface area contributed by atoms with Gasteiger partial charge in [-0.15, -0.1) is 0 Å². The summed E-state index contributed by atoms with van der Waals surface area (Å²) in [6, 6.07) is 23.4. The summed E-state index contributed by atoms with van der Waals surface area (Å²) < 4.78 is 16.4. The van der Waals surface area contributed by atoms with Gasteiger partial charge in [0.1, 0.15) is 0 Å². The fourth-order valence-corrected chi connectivity index (χ4v) is 4.62. The van der Waals surface area contributed by atoms with Crippen LogP contribution >= 0.6 is 0 Å². The molecule has 1 aromatic heterocycles. The molecule has 0 unspecified atom stereocenters. The Morgan fingerprint density at radius 2 is 1.72 bits per heavy atom. The first-order chi connectivity index (χ1) is 17.7. The van der Waals surface area contributed by atoms with Gasteiger partial charge in [-0.1, -0.05) is 65.8 Å². The van der Waals surface area contributed by atoms with Gasteiger partial charge in [0.05, 0.1) is 26.8 Å². The van der Waals surface area contributed by atoms with E-state index in [1.165, 1.54) is 0 Å². The molecule has 0 radical (unpaired) electrons. The predicted molar refractivity (Wildman–Crippen MR) is 134 cm³/mol. The molecule has 1 atom stereocenters. The van der Waals surface area contributed by atoms with Crippen LogP contribution < -0.4 is 14.8 Å². The van der Waals surface area contributed by atoms with E-state index in [0.29, 0.717) is 42.6 Å². The van der Waals surface area contributed by atoms with Crippen molar-refractivity contribution in [3.8, 4) is 11.5 Å². The molecule has 1 N–H and O–H groups in total. The van der Waals surface area contributed by atoms with Gasteiger partial charge in [-0.2, -0.15) is 4.98 Å². The Balaban J connectivity index is 1.35. The minimum absolute atomic E-state index is 0.150. The van der Waals surface area contributed by atoms with Crippen LogP contribution in [0.25, 0.3) is 0 Å². The molecule has 1 aliphatic rings. The summed E-state index contributed by atoms with van der Waals surface area (Å²) in [6.45, 7) is 0.703. The largest absolute Gasteiger partial charge is 0.493 e. The lowest BCUT2D eigenvalue weighted by atomic mass is 9.88. The van der Waals surface area contributed by atoms with E-state index >= 15 is 0 Å². The summed E-state index contributed by atoms with van der Waals surface area (Å²) in [6.07, 6.45) is 1.27. The van der Waals surface area contributed by atoms with E-state index in [4.69, 9.17) is 14.0 Å². The van der Waals surface area contributed by atoms with Gasteiger partial charge in [0.15, 0.2) is 17.3 Å². The predicted octanol–water partition coefficient (Wildman–Crippen LogP) is 4.53. The van der Waals surface area contributed by atoms with E-state index in [9.17, 15) is 4.79 Å². The minimum atomic E-state index is -0.272. The van der Waals surface area contributed by atoms with Crippen LogP contribution in [0.2, 0.25) is 0 Å². The van der Waals surface area contributed by atoms with Gasteiger partial charge in [0.25, 0.3) is 0 Å². The molecule has 5 rings (SSSR count). The van der Waals surface area contributed by atoms with Crippen LogP contribution in [0.5, 0.6) is 11.5 Å². The van der Waals surface area contributed by atoms with Crippen molar-refractivity contribution in [3.05, 3.63) is 107 Å². The molecule has 0 saturated carbocycles. The first kappa shape index (κ1) is 23.4. The highest BCUT2D eigenvalue weighted by atomic mass is 16.5. The van der Waals surface area contributed by atoms with Crippen molar-refractivity contribution in [2.45, 2.75) is 25.4 Å². The zero-order valence-electron chi connectivity index (χ0n) is 20.3. The second kappa shape index (κ2) is 10.5. The highest BCUT2D eigenvalue weighted by Crippen LogP contribution is 2.41. The number of aromatic nitrogens is 2. The van der Waals surface area contributed by atoms with Crippen molar-refractivity contribution in [2.75, 3.05) is 20.8 Å². The molecule has 3 aromatic carbocycles. The maximum atomic E-state index is 13.4. The van der Waals surface area contributed by atoms with Crippen LogP contribution in [-0.2, 0) is 19.4 Å². The maximum absolute atomic E-state index is 13.4. The van der Waals surface area contributed by atoms with Crippen LogP contribution in [0.15, 0.2) is 77.3 Å². The summed E-state index contributed by atoms with van der Waals surface area (Å²) in [4.78, 5) is 19.7. The Morgan fingerprint density at radius 3 is 2.44 bits per heavy atom. The summed E-state index contributed by atoms with van der Waals surface area (Å²) >= 11 is 0. The zero-order valence-corrected chi connectivity index (χ0v) is 20.3. The van der Waals surface area contributed by atoms with E-state index in [-0.39, 0.29) is 18.6 Å². The summed E-state index contributed by atoms with van der Waals surface area (Å²) in [5.74, 6) is 2.27. The third-order valence-corrected chi connectivity index (χ3v) is 6.36. The van der Waals surface area contributed by atoms with Gasteiger partial charge >= 0.3 is 6.03 Å². The van der Waals surface area contributed by atoms with Crippen molar-refractivity contribution < 1.29 is 18.8 Å². The van der Waals surface area contributed by atoms with Crippen LogP contribution in [0, 0.1) is 0 Å². The molecule has 184 valence electrons. The number of fused-ring (bicyclic) bond motifs is 1. The number of carbonyl (C=O) groups excluding carboxylic acids is 1. The van der Waals surface area contributed by atoms with Crippen molar-refractivity contribution in [3.63, 3.8) is 0 Å². The number of benzene rings is 3. The van der Waals surface area contributed by atoms with Gasteiger partial charge < -0.3 is 24.2 Å². The molecule has 0 fully saturated rings. The molecule has 8 nitrogen and oxygen atoms in total. The number of carbonyl (C=O) groups is 1. The number of rotatable bonds is 7. The minimum Gasteiger partial charge on any atom is -0.493 e. The smallest absolute Gasteiger partial charge is 0.318 e. The van der Waals surface area contributed by atoms with Gasteiger partial charge in [-0.3, -0.25) is 0 Å². The number of nitrogens with one attached hydrogen (secondary N) is 1. The molecule has 0 spiro atoms. The quantitative estimate of drug-likeness (QED) is 0.414. The summed E-state index contributed by atoms with van der Waals surface area (Å²) in [5.41, 5.74) is 4.26. The molecule has 2 heterocycles. The maximum Gasteiger partial charge on any atom is 0.318 e. The van der Waals surface area contributed by atoms with Gasteiger partial charge in [-0.05, 0) is 40.8 Å². The summed E-state index contributed by atoms with van der Waals surface area (Å²) in [7, 11) is 3.25. The van der Waals surface area contributed by atoms with Crippen molar-refractivity contribution in [1.29, 1.82) is 0 Å². The molecule has 2 amide bonds. The Labute approximate surface area is 209 Å².